The Labute approximate surface area is 88.5 Å². The van der Waals surface area contributed by atoms with E-state index >= 15 is 0 Å². The van der Waals surface area contributed by atoms with Crippen molar-refractivity contribution in [1.29, 1.82) is 0 Å². The van der Waals surface area contributed by atoms with Crippen molar-refractivity contribution in [3.05, 3.63) is 0 Å². The van der Waals surface area contributed by atoms with E-state index < -0.39 is 0 Å². The highest BCUT2D eigenvalue weighted by atomic mass is 15.2. The van der Waals surface area contributed by atoms with Crippen LogP contribution in [0.5, 0.6) is 0 Å². The van der Waals surface area contributed by atoms with Crippen LogP contribution in [0.2, 0.25) is 0 Å². The second-order valence-corrected chi connectivity index (χ2v) is 5.07. The van der Waals surface area contributed by atoms with Gasteiger partial charge in [0.1, 0.15) is 0 Å². The SMILES string of the molecule is CC1CN(C(C)C)CC(CN(C)C)N1. The van der Waals surface area contributed by atoms with Crippen LogP contribution in [-0.4, -0.2) is 61.7 Å². The lowest BCUT2D eigenvalue weighted by molar-refractivity contribution is 0.121. The van der Waals surface area contributed by atoms with E-state index in [2.05, 4.69) is 50.0 Å². The van der Waals surface area contributed by atoms with E-state index in [-0.39, 0.29) is 0 Å². The Balaban J connectivity index is 2.45. The summed E-state index contributed by atoms with van der Waals surface area (Å²) in [5.41, 5.74) is 0. The van der Waals surface area contributed by atoms with Gasteiger partial charge in [-0.1, -0.05) is 0 Å². The van der Waals surface area contributed by atoms with Crippen LogP contribution < -0.4 is 5.32 Å². The van der Waals surface area contributed by atoms with Gasteiger partial charge in [0.2, 0.25) is 0 Å². The molecule has 3 heteroatoms. The maximum atomic E-state index is 3.65. The predicted octanol–water partition coefficient (Wildman–Crippen LogP) is 0.619. The number of nitrogens with zero attached hydrogens (tertiary/aromatic N) is 2. The largest absolute Gasteiger partial charge is 0.308 e. The van der Waals surface area contributed by atoms with Crippen molar-refractivity contribution in [2.45, 2.75) is 38.9 Å². The van der Waals surface area contributed by atoms with Gasteiger partial charge in [0.15, 0.2) is 0 Å². The number of likely N-dealkylation sites (N-methyl/N-ethyl adjacent to an activating group) is 1. The minimum absolute atomic E-state index is 0.621. The monoisotopic (exact) mass is 199 g/mol. The molecule has 0 aliphatic carbocycles. The maximum Gasteiger partial charge on any atom is 0.0325 e. The van der Waals surface area contributed by atoms with Gasteiger partial charge in [-0.05, 0) is 34.9 Å². The van der Waals surface area contributed by atoms with E-state index in [1.54, 1.807) is 0 Å². The third kappa shape index (κ3) is 3.56. The molecule has 1 rings (SSSR count). The molecule has 3 nitrogen and oxygen atoms in total. The molecule has 1 aliphatic heterocycles. The highest BCUT2D eigenvalue weighted by molar-refractivity contribution is 4.86. The molecule has 0 aromatic carbocycles. The Morgan fingerprint density at radius 1 is 1.36 bits per heavy atom. The Morgan fingerprint density at radius 2 is 2.00 bits per heavy atom. The molecule has 1 heterocycles. The first-order valence-corrected chi connectivity index (χ1v) is 5.64. The molecule has 84 valence electrons. The van der Waals surface area contributed by atoms with E-state index in [4.69, 9.17) is 0 Å². The molecule has 14 heavy (non-hydrogen) atoms. The van der Waals surface area contributed by atoms with Crippen molar-refractivity contribution >= 4 is 0 Å². The molecule has 2 unspecified atom stereocenters. The van der Waals surface area contributed by atoms with Crippen LogP contribution >= 0.6 is 0 Å². The Kier molecular flexibility index (Phi) is 4.35. The number of hydrogen-bond acceptors (Lipinski definition) is 3. The summed E-state index contributed by atoms with van der Waals surface area (Å²) in [6.45, 7) is 10.3. The van der Waals surface area contributed by atoms with Gasteiger partial charge in [-0.3, -0.25) is 4.90 Å². The molecule has 1 aliphatic rings. The van der Waals surface area contributed by atoms with Crippen LogP contribution in [-0.2, 0) is 0 Å². The Morgan fingerprint density at radius 3 is 2.50 bits per heavy atom. The first-order chi connectivity index (χ1) is 6.49. The van der Waals surface area contributed by atoms with Gasteiger partial charge in [0, 0.05) is 37.8 Å². The summed E-state index contributed by atoms with van der Waals surface area (Å²) in [5.74, 6) is 0. The zero-order chi connectivity index (χ0) is 10.7. The molecule has 0 amide bonds. The van der Waals surface area contributed by atoms with Crippen LogP contribution in [0.3, 0.4) is 0 Å². The predicted molar refractivity (Wildman–Crippen MR) is 61.6 cm³/mol. The lowest BCUT2D eigenvalue weighted by Gasteiger charge is -2.40. The molecule has 0 spiro atoms. The summed E-state index contributed by atoms with van der Waals surface area (Å²) in [6, 6.07) is 1.91. The molecule has 1 saturated heterocycles. The molecule has 0 radical (unpaired) electrons. The second-order valence-electron chi connectivity index (χ2n) is 5.07. The number of piperazine rings is 1. The third-order valence-corrected chi connectivity index (χ3v) is 2.80. The van der Waals surface area contributed by atoms with E-state index in [1.807, 2.05) is 0 Å². The van der Waals surface area contributed by atoms with Crippen LogP contribution in [0.15, 0.2) is 0 Å². The Hall–Kier alpha value is -0.120. The van der Waals surface area contributed by atoms with Gasteiger partial charge in [-0.25, -0.2) is 0 Å². The first-order valence-electron chi connectivity index (χ1n) is 5.64. The maximum absolute atomic E-state index is 3.65. The minimum Gasteiger partial charge on any atom is -0.308 e. The van der Waals surface area contributed by atoms with Crippen LogP contribution in [0.4, 0.5) is 0 Å². The number of hydrogen-bond donors (Lipinski definition) is 1. The summed E-state index contributed by atoms with van der Waals surface area (Å²) >= 11 is 0. The summed E-state index contributed by atoms with van der Waals surface area (Å²) in [4.78, 5) is 4.82. The van der Waals surface area contributed by atoms with Gasteiger partial charge in [-0.2, -0.15) is 0 Å². The minimum atomic E-state index is 0.621. The molecule has 1 fully saturated rings. The first kappa shape index (κ1) is 12.0. The highest BCUT2D eigenvalue weighted by Crippen LogP contribution is 2.08. The molecule has 0 aromatic rings. The van der Waals surface area contributed by atoms with Crippen molar-refractivity contribution in [1.82, 2.24) is 15.1 Å². The smallest absolute Gasteiger partial charge is 0.0325 e. The quantitative estimate of drug-likeness (QED) is 0.719. The van der Waals surface area contributed by atoms with Crippen LogP contribution in [0.25, 0.3) is 0 Å². The van der Waals surface area contributed by atoms with Gasteiger partial charge >= 0.3 is 0 Å². The van der Waals surface area contributed by atoms with E-state index in [9.17, 15) is 0 Å². The molecule has 0 bridgehead atoms. The van der Waals surface area contributed by atoms with Crippen LogP contribution in [0, 0.1) is 0 Å². The van der Waals surface area contributed by atoms with Crippen LogP contribution in [0.1, 0.15) is 20.8 Å². The van der Waals surface area contributed by atoms with Crippen molar-refractivity contribution in [2.75, 3.05) is 33.7 Å². The summed E-state index contributed by atoms with van der Waals surface area (Å²) in [7, 11) is 4.28. The fourth-order valence-electron chi connectivity index (χ4n) is 2.19. The summed E-state index contributed by atoms with van der Waals surface area (Å²) in [5, 5.41) is 3.65. The number of nitrogens with one attached hydrogen (secondary N) is 1. The average molecular weight is 199 g/mol. The topological polar surface area (TPSA) is 18.5 Å². The van der Waals surface area contributed by atoms with Gasteiger partial charge in [0.25, 0.3) is 0 Å². The highest BCUT2D eigenvalue weighted by Gasteiger charge is 2.25. The fraction of sp³-hybridized carbons (Fsp3) is 1.00. The van der Waals surface area contributed by atoms with Crippen molar-refractivity contribution in [3.63, 3.8) is 0 Å². The van der Waals surface area contributed by atoms with Crippen molar-refractivity contribution < 1.29 is 0 Å². The molecule has 0 aromatic heterocycles. The molecular weight excluding hydrogens is 174 g/mol. The zero-order valence-corrected chi connectivity index (χ0v) is 10.2. The normalized spacial score (nSPS) is 30.2. The third-order valence-electron chi connectivity index (χ3n) is 2.80. The van der Waals surface area contributed by atoms with E-state index in [0.29, 0.717) is 18.1 Å². The van der Waals surface area contributed by atoms with Crippen molar-refractivity contribution in [3.8, 4) is 0 Å². The fourth-order valence-corrected chi connectivity index (χ4v) is 2.19. The number of rotatable bonds is 3. The van der Waals surface area contributed by atoms with Gasteiger partial charge < -0.3 is 10.2 Å². The van der Waals surface area contributed by atoms with E-state index in [0.717, 1.165) is 6.54 Å². The lowest BCUT2D eigenvalue weighted by atomic mass is 10.1. The van der Waals surface area contributed by atoms with Gasteiger partial charge in [0.05, 0.1) is 0 Å². The van der Waals surface area contributed by atoms with Crippen molar-refractivity contribution in [2.24, 2.45) is 0 Å². The second kappa shape index (κ2) is 5.10. The lowest BCUT2D eigenvalue weighted by Crippen LogP contribution is -2.59. The Bertz CT molecular complexity index is 166. The molecule has 2 atom stereocenters. The van der Waals surface area contributed by atoms with Gasteiger partial charge in [-0.15, -0.1) is 0 Å². The summed E-state index contributed by atoms with van der Waals surface area (Å²) in [6.07, 6.45) is 0. The average Bonchev–Trinajstić information content (AvgIpc) is 2.01. The standard InChI is InChI=1S/C11H25N3/c1-9(2)14-6-10(3)12-11(8-14)7-13(4)5/h9-12H,6-8H2,1-5H3. The molecule has 1 N–H and O–H groups in total. The molecular formula is C11H25N3. The zero-order valence-electron chi connectivity index (χ0n) is 10.2. The summed E-state index contributed by atoms with van der Waals surface area (Å²) < 4.78 is 0. The molecule has 0 saturated carbocycles. The van der Waals surface area contributed by atoms with E-state index in [1.165, 1.54) is 13.1 Å².